The van der Waals surface area contributed by atoms with E-state index in [1.807, 2.05) is 34.0 Å². The van der Waals surface area contributed by atoms with Gasteiger partial charge in [0.25, 0.3) is 0 Å². The summed E-state index contributed by atoms with van der Waals surface area (Å²) in [4.78, 5) is 2.77. The first-order valence-corrected chi connectivity index (χ1v) is 7.79. The maximum atomic E-state index is 5.86. The molecule has 0 amide bonds. The fourth-order valence-corrected chi connectivity index (χ4v) is 5.77. The third-order valence-corrected chi connectivity index (χ3v) is 6.77. The minimum atomic E-state index is 0.638. The average Bonchev–Trinajstić information content (AvgIpc) is 2.85. The van der Waals surface area contributed by atoms with Crippen molar-refractivity contribution in [3.8, 4) is 0 Å². The van der Waals surface area contributed by atoms with E-state index < -0.39 is 0 Å². The van der Waals surface area contributed by atoms with E-state index in [-0.39, 0.29) is 0 Å². The van der Waals surface area contributed by atoms with E-state index in [0.717, 1.165) is 6.42 Å². The molecule has 0 bridgehead atoms. The number of hydrogen-bond acceptors (Lipinski definition) is 3. The van der Waals surface area contributed by atoms with Gasteiger partial charge in [-0.2, -0.15) is 0 Å². The van der Waals surface area contributed by atoms with Crippen LogP contribution in [0.15, 0.2) is 12.1 Å². The maximum absolute atomic E-state index is 5.86. The monoisotopic (exact) mass is 272 g/mol. The van der Waals surface area contributed by atoms with Gasteiger partial charge in [0.05, 0.1) is 15.3 Å². The van der Waals surface area contributed by atoms with Gasteiger partial charge in [0, 0.05) is 19.2 Å². The van der Waals surface area contributed by atoms with Crippen LogP contribution >= 0.6 is 45.6 Å². The van der Waals surface area contributed by atoms with Gasteiger partial charge in [0.1, 0.15) is 0 Å². The number of hydrogen-bond donors (Lipinski definition) is 0. The number of alkyl halides is 1. The van der Waals surface area contributed by atoms with Crippen molar-refractivity contribution in [3.63, 3.8) is 0 Å². The van der Waals surface area contributed by atoms with Crippen molar-refractivity contribution in [2.24, 2.45) is 0 Å². The molecule has 15 heavy (non-hydrogen) atoms. The highest BCUT2D eigenvalue weighted by Gasteiger charge is 2.11. The first kappa shape index (κ1) is 10.1. The molecule has 0 aliphatic rings. The molecule has 0 aliphatic heterocycles. The van der Waals surface area contributed by atoms with E-state index in [0.29, 0.717) is 5.88 Å². The minimum absolute atomic E-state index is 0.638. The Morgan fingerprint density at radius 3 is 2.20 bits per heavy atom. The predicted molar refractivity (Wildman–Crippen MR) is 74.0 cm³/mol. The molecule has 0 nitrogen and oxygen atoms in total. The molecule has 0 aliphatic carbocycles. The largest absolute Gasteiger partial charge is 0.138 e. The summed E-state index contributed by atoms with van der Waals surface area (Å²) in [6.07, 6.45) is 1.14. The van der Waals surface area contributed by atoms with Crippen LogP contribution in [0.1, 0.15) is 16.7 Å². The Bertz CT molecular complexity index is 561. The summed E-state index contributed by atoms with van der Waals surface area (Å²) in [5, 5.41) is 0. The Kier molecular flexibility index (Phi) is 2.51. The molecule has 3 aromatic heterocycles. The lowest BCUT2D eigenvalue weighted by Gasteiger charge is -1.82. The zero-order valence-corrected chi connectivity index (χ0v) is 11.4. The smallest absolute Gasteiger partial charge is 0.0632 e. The lowest BCUT2D eigenvalue weighted by atomic mass is 10.4. The molecule has 3 aromatic rings. The van der Waals surface area contributed by atoms with Crippen molar-refractivity contribution in [3.05, 3.63) is 21.9 Å². The minimum Gasteiger partial charge on any atom is -0.138 e. The van der Waals surface area contributed by atoms with Crippen LogP contribution in [-0.4, -0.2) is 0 Å². The summed E-state index contributed by atoms with van der Waals surface area (Å²) >= 11 is 11.5. The van der Waals surface area contributed by atoms with Gasteiger partial charge in [-0.15, -0.1) is 45.6 Å². The molecule has 0 fully saturated rings. The molecule has 0 radical (unpaired) electrons. The lowest BCUT2D eigenvalue weighted by Crippen LogP contribution is -1.64. The van der Waals surface area contributed by atoms with Crippen LogP contribution in [-0.2, 0) is 12.3 Å². The molecule has 0 saturated heterocycles. The summed E-state index contributed by atoms with van der Waals surface area (Å²) in [7, 11) is 0. The summed E-state index contributed by atoms with van der Waals surface area (Å²) < 4.78 is 5.75. The molecule has 3 heterocycles. The normalized spacial score (nSPS) is 11.9. The number of halogens is 1. The first-order chi connectivity index (χ1) is 7.31. The summed E-state index contributed by atoms with van der Waals surface area (Å²) in [6.45, 7) is 2.21. The van der Waals surface area contributed by atoms with Crippen molar-refractivity contribution >= 4 is 64.4 Å². The van der Waals surface area contributed by atoms with Crippen molar-refractivity contribution in [2.45, 2.75) is 19.2 Å². The standard InChI is InChI=1S/C11H9ClS3/c1-2-6-3-8-10(13-6)11-9(15-8)4-7(5-12)14-11/h3-4H,2,5H2,1H3. The van der Waals surface area contributed by atoms with Gasteiger partial charge < -0.3 is 0 Å². The van der Waals surface area contributed by atoms with Crippen molar-refractivity contribution in [2.75, 3.05) is 0 Å². The van der Waals surface area contributed by atoms with Crippen LogP contribution in [0.25, 0.3) is 18.8 Å². The van der Waals surface area contributed by atoms with Crippen molar-refractivity contribution in [1.29, 1.82) is 0 Å². The van der Waals surface area contributed by atoms with Crippen LogP contribution in [0, 0.1) is 0 Å². The molecule has 0 aromatic carbocycles. The van der Waals surface area contributed by atoms with Gasteiger partial charge in [0.15, 0.2) is 0 Å². The van der Waals surface area contributed by atoms with Gasteiger partial charge in [-0.25, -0.2) is 0 Å². The van der Waals surface area contributed by atoms with E-state index in [1.54, 1.807) is 0 Å². The summed E-state index contributed by atoms with van der Waals surface area (Å²) in [5.41, 5.74) is 0. The molecule has 4 heteroatoms. The van der Waals surface area contributed by atoms with Crippen LogP contribution in [0.2, 0.25) is 0 Å². The van der Waals surface area contributed by atoms with Gasteiger partial charge in [-0.05, 0) is 18.6 Å². The van der Waals surface area contributed by atoms with Crippen LogP contribution in [0.4, 0.5) is 0 Å². The Hall–Kier alpha value is -0.0900. The second-order valence-electron chi connectivity index (χ2n) is 3.40. The third-order valence-electron chi connectivity index (χ3n) is 2.40. The van der Waals surface area contributed by atoms with Crippen molar-refractivity contribution in [1.82, 2.24) is 0 Å². The second kappa shape index (κ2) is 3.74. The molecular formula is C11H9ClS3. The zero-order chi connectivity index (χ0) is 10.4. The molecule has 0 spiro atoms. The van der Waals surface area contributed by atoms with E-state index in [1.165, 1.54) is 28.6 Å². The fourth-order valence-electron chi connectivity index (χ4n) is 1.67. The molecule has 0 saturated carbocycles. The SMILES string of the molecule is CCc1cc2sc3cc(CCl)sc3c2s1. The number of aryl methyl sites for hydroxylation is 1. The number of thiophene rings is 3. The Morgan fingerprint density at radius 1 is 1.00 bits per heavy atom. The van der Waals surface area contributed by atoms with Crippen molar-refractivity contribution < 1.29 is 0 Å². The Balaban J connectivity index is 2.32. The van der Waals surface area contributed by atoms with E-state index in [2.05, 4.69) is 19.1 Å². The van der Waals surface area contributed by atoms with Gasteiger partial charge in [-0.3, -0.25) is 0 Å². The highest BCUT2D eigenvalue weighted by molar-refractivity contribution is 7.38. The molecule has 78 valence electrons. The second-order valence-corrected chi connectivity index (χ2v) is 7.03. The van der Waals surface area contributed by atoms with Gasteiger partial charge in [0.2, 0.25) is 0 Å². The van der Waals surface area contributed by atoms with E-state index in [4.69, 9.17) is 11.6 Å². The van der Waals surface area contributed by atoms with Crippen LogP contribution < -0.4 is 0 Å². The predicted octanol–water partition coefficient (Wildman–Crippen LogP) is 5.48. The summed E-state index contributed by atoms with van der Waals surface area (Å²) in [6, 6.07) is 4.56. The molecule has 0 atom stereocenters. The maximum Gasteiger partial charge on any atom is 0.0632 e. The first-order valence-electron chi connectivity index (χ1n) is 4.81. The van der Waals surface area contributed by atoms with Gasteiger partial charge >= 0.3 is 0 Å². The van der Waals surface area contributed by atoms with Crippen LogP contribution in [0.3, 0.4) is 0 Å². The van der Waals surface area contributed by atoms with E-state index >= 15 is 0 Å². The fraction of sp³-hybridized carbons (Fsp3) is 0.273. The highest BCUT2D eigenvalue weighted by atomic mass is 35.5. The molecule has 3 rings (SSSR count). The molecule has 0 N–H and O–H groups in total. The highest BCUT2D eigenvalue weighted by Crippen LogP contribution is 2.43. The molecule has 0 unspecified atom stereocenters. The zero-order valence-electron chi connectivity index (χ0n) is 8.17. The molecular weight excluding hydrogens is 264 g/mol. The third kappa shape index (κ3) is 1.53. The van der Waals surface area contributed by atoms with Gasteiger partial charge in [-0.1, -0.05) is 6.92 Å². The Labute approximate surface area is 105 Å². The lowest BCUT2D eigenvalue weighted by molar-refractivity contribution is 1.19. The van der Waals surface area contributed by atoms with Crippen LogP contribution in [0.5, 0.6) is 0 Å². The number of fused-ring (bicyclic) bond motifs is 3. The quantitative estimate of drug-likeness (QED) is 0.542. The van der Waals surface area contributed by atoms with E-state index in [9.17, 15) is 0 Å². The average molecular weight is 273 g/mol. The summed E-state index contributed by atoms with van der Waals surface area (Å²) in [5.74, 6) is 0.638. The number of rotatable bonds is 2. The Morgan fingerprint density at radius 2 is 1.60 bits per heavy atom. The topological polar surface area (TPSA) is 0 Å².